The van der Waals surface area contributed by atoms with E-state index in [0.29, 0.717) is 22.4 Å². The number of fused-ring (bicyclic) bond motifs is 1. The van der Waals surface area contributed by atoms with E-state index in [1.165, 1.54) is 6.07 Å². The van der Waals surface area contributed by atoms with Crippen molar-refractivity contribution in [2.75, 3.05) is 5.32 Å². The predicted molar refractivity (Wildman–Crippen MR) is 99.7 cm³/mol. The van der Waals surface area contributed by atoms with Crippen molar-refractivity contribution in [1.29, 1.82) is 0 Å². The van der Waals surface area contributed by atoms with Crippen molar-refractivity contribution < 1.29 is 4.39 Å². The Labute approximate surface area is 149 Å². The molecule has 1 heterocycles. The number of nitrogens with one attached hydrogen (secondary N) is 1. The maximum absolute atomic E-state index is 14.0. The lowest BCUT2D eigenvalue weighted by Crippen LogP contribution is -2.00. The van der Waals surface area contributed by atoms with Gasteiger partial charge in [0, 0.05) is 16.0 Å². The van der Waals surface area contributed by atoms with Crippen LogP contribution in [-0.4, -0.2) is 9.97 Å². The van der Waals surface area contributed by atoms with Crippen LogP contribution in [0.4, 0.5) is 15.9 Å². The highest BCUT2D eigenvalue weighted by Gasteiger charge is 2.11. The van der Waals surface area contributed by atoms with Crippen LogP contribution >= 0.6 is 11.6 Å². The summed E-state index contributed by atoms with van der Waals surface area (Å²) in [6.07, 6.45) is 0. The number of rotatable bonds is 3. The maximum Gasteiger partial charge on any atom is 0.162 e. The Hall–Kier alpha value is -2.98. The summed E-state index contributed by atoms with van der Waals surface area (Å²) < 4.78 is 14.0. The first-order valence-electron chi connectivity index (χ1n) is 7.75. The second-order valence-electron chi connectivity index (χ2n) is 5.53. The van der Waals surface area contributed by atoms with Gasteiger partial charge in [-0.2, -0.15) is 0 Å². The first kappa shape index (κ1) is 15.5. The van der Waals surface area contributed by atoms with E-state index in [9.17, 15) is 4.39 Å². The first-order chi connectivity index (χ1) is 12.2. The average molecular weight is 350 g/mol. The average Bonchev–Trinajstić information content (AvgIpc) is 2.64. The molecule has 5 heteroatoms. The molecule has 0 bridgehead atoms. The Morgan fingerprint density at radius 3 is 2.40 bits per heavy atom. The predicted octanol–water partition coefficient (Wildman–Crippen LogP) is 5.83. The minimum atomic E-state index is -0.349. The Morgan fingerprint density at radius 1 is 0.840 bits per heavy atom. The zero-order valence-corrected chi connectivity index (χ0v) is 13.8. The molecule has 3 aromatic carbocycles. The molecule has 4 rings (SSSR count). The topological polar surface area (TPSA) is 37.8 Å². The third-order valence-corrected chi connectivity index (χ3v) is 4.05. The Balaban J connectivity index is 1.91. The minimum absolute atomic E-state index is 0.349. The van der Waals surface area contributed by atoms with Gasteiger partial charge in [0.1, 0.15) is 11.6 Å². The fourth-order valence-electron chi connectivity index (χ4n) is 2.60. The molecule has 0 unspecified atom stereocenters. The van der Waals surface area contributed by atoms with Gasteiger partial charge < -0.3 is 5.32 Å². The fourth-order valence-corrected chi connectivity index (χ4v) is 2.77. The molecule has 3 nitrogen and oxygen atoms in total. The number of hydrogen-bond acceptors (Lipinski definition) is 3. The molecule has 4 aromatic rings. The molecule has 0 amide bonds. The van der Waals surface area contributed by atoms with E-state index in [-0.39, 0.29) is 5.82 Å². The van der Waals surface area contributed by atoms with Crippen molar-refractivity contribution in [3.8, 4) is 11.4 Å². The highest BCUT2D eigenvalue weighted by Crippen LogP contribution is 2.30. The van der Waals surface area contributed by atoms with Crippen LogP contribution in [0.3, 0.4) is 0 Å². The van der Waals surface area contributed by atoms with Crippen molar-refractivity contribution in [2.45, 2.75) is 0 Å². The largest absolute Gasteiger partial charge is 0.337 e. The molecule has 0 saturated heterocycles. The standard InChI is InChI=1S/C20H13ClFN3/c21-14-10-11-17-15(12-14)20(24-18-9-5-4-8-16(18)22)25-19(23-17)13-6-2-1-3-7-13/h1-12H,(H,23,24,25). The summed E-state index contributed by atoms with van der Waals surface area (Å²) in [5.74, 6) is 0.725. The van der Waals surface area contributed by atoms with Crippen molar-refractivity contribution in [1.82, 2.24) is 9.97 Å². The molecule has 1 N–H and O–H groups in total. The molecule has 25 heavy (non-hydrogen) atoms. The van der Waals surface area contributed by atoms with Gasteiger partial charge in [0.2, 0.25) is 0 Å². The summed E-state index contributed by atoms with van der Waals surface area (Å²) in [6.45, 7) is 0. The van der Waals surface area contributed by atoms with E-state index in [0.717, 1.165) is 16.5 Å². The summed E-state index contributed by atoms with van der Waals surface area (Å²) in [4.78, 5) is 9.21. The van der Waals surface area contributed by atoms with Gasteiger partial charge in [0.25, 0.3) is 0 Å². The van der Waals surface area contributed by atoms with Gasteiger partial charge in [-0.05, 0) is 30.3 Å². The molecule has 0 aliphatic heterocycles. The van der Waals surface area contributed by atoms with Crippen LogP contribution in [0.25, 0.3) is 22.3 Å². The van der Waals surface area contributed by atoms with Crippen LogP contribution in [0.5, 0.6) is 0 Å². The third-order valence-electron chi connectivity index (χ3n) is 3.82. The maximum atomic E-state index is 14.0. The number of hydrogen-bond donors (Lipinski definition) is 1. The lowest BCUT2D eigenvalue weighted by atomic mass is 10.1. The SMILES string of the molecule is Fc1ccccc1Nc1nc(-c2ccccc2)nc2ccc(Cl)cc12. The van der Waals surface area contributed by atoms with Crippen LogP contribution in [-0.2, 0) is 0 Å². The van der Waals surface area contributed by atoms with Crippen molar-refractivity contribution in [3.05, 3.63) is 83.6 Å². The van der Waals surface area contributed by atoms with E-state index < -0.39 is 0 Å². The Bertz CT molecular complexity index is 1050. The fraction of sp³-hybridized carbons (Fsp3) is 0. The molecule has 122 valence electrons. The van der Waals surface area contributed by atoms with Crippen molar-refractivity contribution in [2.24, 2.45) is 0 Å². The highest BCUT2D eigenvalue weighted by molar-refractivity contribution is 6.31. The van der Waals surface area contributed by atoms with Gasteiger partial charge in [0.05, 0.1) is 11.2 Å². The van der Waals surface area contributed by atoms with Gasteiger partial charge in [-0.15, -0.1) is 0 Å². The lowest BCUT2D eigenvalue weighted by Gasteiger charge is -2.12. The normalized spacial score (nSPS) is 10.8. The van der Waals surface area contributed by atoms with E-state index in [4.69, 9.17) is 11.6 Å². The van der Waals surface area contributed by atoms with E-state index in [2.05, 4.69) is 15.3 Å². The minimum Gasteiger partial charge on any atom is -0.337 e. The molecule has 0 aliphatic carbocycles. The van der Waals surface area contributed by atoms with Crippen LogP contribution in [0.1, 0.15) is 0 Å². The lowest BCUT2D eigenvalue weighted by molar-refractivity contribution is 0.632. The number of aromatic nitrogens is 2. The number of benzene rings is 3. The molecule has 0 spiro atoms. The molecule has 0 saturated carbocycles. The zero-order valence-electron chi connectivity index (χ0n) is 13.1. The zero-order chi connectivity index (χ0) is 17.2. The molecule has 0 radical (unpaired) electrons. The second kappa shape index (κ2) is 6.49. The summed E-state index contributed by atoms with van der Waals surface area (Å²) in [6, 6.07) is 21.5. The van der Waals surface area contributed by atoms with E-state index in [1.54, 1.807) is 30.3 Å². The second-order valence-corrected chi connectivity index (χ2v) is 5.96. The smallest absolute Gasteiger partial charge is 0.162 e. The van der Waals surface area contributed by atoms with Crippen LogP contribution < -0.4 is 5.32 Å². The summed E-state index contributed by atoms with van der Waals surface area (Å²) >= 11 is 6.12. The molecule has 1 aromatic heterocycles. The third kappa shape index (κ3) is 3.16. The molecule has 0 aliphatic rings. The van der Waals surface area contributed by atoms with Crippen LogP contribution in [0, 0.1) is 5.82 Å². The highest BCUT2D eigenvalue weighted by atomic mass is 35.5. The number of anilines is 2. The molecule has 0 fully saturated rings. The van der Waals surface area contributed by atoms with Gasteiger partial charge in [-0.1, -0.05) is 54.1 Å². The van der Waals surface area contributed by atoms with Crippen molar-refractivity contribution in [3.63, 3.8) is 0 Å². The summed E-state index contributed by atoms with van der Waals surface area (Å²) in [5, 5.41) is 4.37. The molecular weight excluding hydrogens is 337 g/mol. The quantitative estimate of drug-likeness (QED) is 0.505. The first-order valence-corrected chi connectivity index (χ1v) is 8.13. The molecule has 0 atom stereocenters. The Kier molecular flexibility index (Phi) is 4.04. The van der Waals surface area contributed by atoms with E-state index in [1.807, 2.05) is 36.4 Å². The van der Waals surface area contributed by atoms with Gasteiger partial charge >= 0.3 is 0 Å². The van der Waals surface area contributed by atoms with E-state index >= 15 is 0 Å². The summed E-state index contributed by atoms with van der Waals surface area (Å²) in [5.41, 5.74) is 1.97. The van der Waals surface area contributed by atoms with Gasteiger partial charge in [-0.3, -0.25) is 0 Å². The molecular formula is C20H13ClFN3. The number of halogens is 2. The van der Waals surface area contributed by atoms with Crippen molar-refractivity contribution >= 4 is 34.0 Å². The summed E-state index contributed by atoms with van der Waals surface area (Å²) in [7, 11) is 0. The van der Waals surface area contributed by atoms with Gasteiger partial charge in [0.15, 0.2) is 5.82 Å². The Morgan fingerprint density at radius 2 is 1.60 bits per heavy atom. The monoisotopic (exact) mass is 349 g/mol. The van der Waals surface area contributed by atoms with Crippen LogP contribution in [0.2, 0.25) is 5.02 Å². The number of para-hydroxylation sites is 1. The van der Waals surface area contributed by atoms with Crippen LogP contribution in [0.15, 0.2) is 72.8 Å². The van der Waals surface area contributed by atoms with Gasteiger partial charge in [-0.25, -0.2) is 14.4 Å². The number of nitrogens with zero attached hydrogens (tertiary/aromatic N) is 2.